The first-order valence-corrected chi connectivity index (χ1v) is 6.67. The molecule has 2 aromatic carbocycles. The van der Waals surface area contributed by atoms with Gasteiger partial charge in [-0.3, -0.25) is 4.79 Å². The van der Waals surface area contributed by atoms with Crippen LogP contribution in [0.15, 0.2) is 59.1 Å². The third kappa shape index (κ3) is 2.25. The molecular weight excluding hydrogens is 288 g/mol. The van der Waals surface area contributed by atoms with Crippen LogP contribution in [0, 0.1) is 0 Å². The number of halogens is 1. The van der Waals surface area contributed by atoms with E-state index in [9.17, 15) is 4.79 Å². The number of benzene rings is 2. The summed E-state index contributed by atoms with van der Waals surface area (Å²) in [4.78, 5) is 12.2. The molecule has 92 valence electrons. The molecule has 0 saturated heterocycles. The standard InChI is InChI=1S/C16H15BrO/c1-12(18)16(2,13-7-4-3-5-8-13)14-9-6-10-15(17)11-14/h3-11H,1-2H3. The molecular formula is C16H15BrO. The van der Waals surface area contributed by atoms with E-state index >= 15 is 0 Å². The molecule has 0 saturated carbocycles. The summed E-state index contributed by atoms with van der Waals surface area (Å²) >= 11 is 3.46. The Hall–Kier alpha value is -1.41. The Morgan fingerprint density at radius 2 is 1.61 bits per heavy atom. The van der Waals surface area contributed by atoms with Crippen LogP contribution in [-0.4, -0.2) is 5.78 Å². The van der Waals surface area contributed by atoms with Crippen molar-refractivity contribution in [1.29, 1.82) is 0 Å². The molecule has 0 aromatic heterocycles. The molecule has 2 rings (SSSR count). The van der Waals surface area contributed by atoms with E-state index in [4.69, 9.17) is 0 Å². The number of Topliss-reactive ketones (excluding diaryl/α,β-unsaturated/α-hetero) is 1. The molecule has 1 atom stereocenters. The minimum atomic E-state index is -0.592. The van der Waals surface area contributed by atoms with Crippen molar-refractivity contribution >= 4 is 21.7 Å². The molecule has 0 spiro atoms. The molecule has 0 aliphatic heterocycles. The molecule has 0 bridgehead atoms. The number of carbonyl (C=O) groups excluding carboxylic acids is 1. The van der Waals surface area contributed by atoms with Crippen molar-refractivity contribution in [2.45, 2.75) is 19.3 Å². The molecule has 0 fully saturated rings. The van der Waals surface area contributed by atoms with E-state index in [2.05, 4.69) is 15.9 Å². The summed E-state index contributed by atoms with van der Waals surface area (Å²) in [6.07, 6.45) is 0. The average molecular weight is 303 g/mol. The first-order valence-electron chi connectivity index (χ1n) is 5.88. The van der Waals surface area contributed by atoms with E-state index in [1.165, 1.54) is 0 Å². The molecule has 2 aromatic rings. The molecule has 0 heterocycles. The van der Waals surface area contributed by atoms with Crippen LogP contribution in [0.5, 0.6) is 0 Å². The third-order valence-corrected chi connectivity index (χ3v) is 3.95. The van der Waals surface area contributed by atoms with E-state index in [1.807, 2.05) is 61.5 Å². The van der Waals surface area contributed by atoms with Gasteiger partial charge < -0.3 is 0 Å². The maximum absolute atomic E-state index is 12.2. The zero-order valence-electron chi connectivity index (χ0n) is 10.5. The van der Waals surface area contributed by atoms with E-state index in [-0.39, 0.29) is 5.78 Å². The summed E-state index contributed by atoms with van der Waals surface area (Å²) in [5.74, 6) is 0.145. The van der Waals surface area contributed by atoms with Crippen molar-refractivity contribution in [1.82, 2.24) is 0 Å². The van der Waals surface area contributed by atoms with Crippen molar-refractivity contribution in [2.24, 2.45) is 0 Å². The highest BCUT2D eigenvalue weighted by Crippen LogP contribution is 2.34. The number of hydrogen-bond acceptors (Lipinski definition) is 1. The maximum Gasteiger partial charge on any atom is 0.144 e. The molecule has 0 aliphatic rings. The van der Waals surface area contributed by atoms with Gasteiger partial charge in [-0.05, 0) is 37.1 Å². The molecule has 1 nitrogen and oxygen atoms in total. The summed E-state index contributed by atoms with van der Waals surface area (Å²) in [6.45, 7) is 3.63. The zero-order valence-corrected chi connectivity index (χ0v) is 12.1. The number of rotatable bonds is 3. The third-order valence-electron chi connectivity index (χ3n) is 3.46. The number of ketones is 1. The quantitative estimate of drug-likeness (QED) is 0.824. The lowest BCUT2D eigenvalue weighted by molar-refractivity contribution is -0.120. The fourth-order valence-electron chi connectivity index (χ4n) is 2.14. The highest BCUT2D eigenvalue weighted by atomic mass is 79.9. The van der Waals surface area contributed by atoms with Crippen LogP contribution >= 0.6 is 15.9 Å². The van der Waals surface area contributed by atoms with Gasteiger partial charge in [0.25, 0.3) is 0 Å². The van der Waals surface area contributed by atoms with Gasteiger partial charge in [-0.15, -0.1) is 0 Å². The lowest BCUT2D eigenvalue weighted by atomic mass is 9.73. The van der Waals surface area contributed by atoms with Crippen LogP contribution in [0.3, 0.4) is 0 Å². The number of carbonyl (C=O) groups is 1. The van der Waals surface area contributed by atoms with Gasteiger partial charge in [0.15, 0.2) is 0 Å². The zero-order chi connectivity index (χ0) is 13.2. The van der Waals surface area contributed by atoms with Crippen molar-refractivity contribution in [3.05, 3.63) is 70.2 Å². The molecule has 18 heavy (non-hydrogen) atoms. The first-order chi connectivity index (χ1) is 8.55. The highest BCUT2D eigenvalue weighted by Gasteiger charge is 2.33. The van der Waals surface area contributed by atoms with Gasteiger partial charge in [-0.25, -0.2) is 0 Å². The second-order valence-electron chi connectivity index (χ2n) is 4.56. The summed E-state index contributed by atoms with van der Waals surface area (Å²) in [7, 11) is 0. The van der Waals surface area contributed by atoms with Gasteiger partial charge in [-0.2, -0.15) is 0 Å². The fraction of sp³-hybridized carbons (Fsp3) is 0.188. The highest BCUT2D eigenvalue weighted by molar-refractivity contribution is 9.10. The van der Waals surface area contributed by atoms with Gasteiger partial charge in [0.1, 0.15) is 5.78 Å². The van der Waals surface area contributed by atoms with Gasteiger partial charge in [-0.1, -0.05) is 58.4 Å². The number of hydrogen-bond donors (Lipinski definition) is 0. The van der Waals surface area contributed by atoms with Crippen molar-refractivity contribution < 1.29 is 4.79 Å². The van der Waals surface area contributed by atoms with Crippen LogP contribution in [0.2, 0.25) is 0 Å². The van der Waals surface area contributed by atoms with Gasteiger partial charge in [0, 0.05) is 4.47 Å². The Balaban J connectivity index is 2.62. The van der Waals surface area contributed by atoms with Gasteiger partial charge >= 0.3 is 0 Å². The van der Waals surface area contributed by atoms with Gasteiger partial charge in [0.2, 0.25) is 0 Å². The second-order valence-corrected chi connectivity index (χ2v) is 5.47. The Labute approximate surface area is 116 Å². The Morgan fingerprint density at radius 3 is 2.17 bits per heavy atom. The first kappa shape index (κ1) is 13.0. The summed E-state index contributed by atoms with van der Waals surface area (Å²) in [6, 6.07) is 17.8. The minimum absolute atomic E-state index is 0.145. The van der Waals surface area contributed by atoms with E-state index in [0.29, 0.717) is 0 Å². The predicted molar refractivity (Wildman–Crippen MR) is 77.7 cm³/mol. The monoisotopic (exact) mass is 302 g/mol. The topological polar surface area (TPSA) is 17.1 Å². The van der Waals surface area contributed by atoms with Crippen LogP contribution in [0.1, 0.15) is 25.0 Å². The van der Waals surface area contributed by atoms with E-state index in [1.54, 1.807) is 6.92 Å². The van der Waals surface area contributed by atoms with Crippen LogP contribution in [0.4, 0.5) is 0 Å². The lowest BCUT2D eigenvalue weighted by Gasteiger charge is -2.28. The second kappa shape index (κ2) is 5.07. The molecule has 1 unspecified atom stereocenters. The lowest BCUT2D eigenvalue weighted by Crippen LogP contribution is -2.31. The van der Waals surface area contributed by atoms with Crippen molar-refractivity contribution in [3.8, 4) is 0 Å². The van der Waals surface area contributed by atoms with Crippen LogP contribution < -0.4 is 0 Å². The van der Waals surface area contributed by atoms with Crippen molar-refractivity contribution in [2.75, 3.05) is 0 Å². The summed E-state index contributed by atoms with van der Waals surface area (Å²) in [5, 5.41) is 0. The molecule has 0 amide bonds. The molecule has 0 N–H and O–H groups in total. The normalized spacial score (nSPS) is 13.9. The van der Waals surface area contributed by atoms with Crippen molar-refractivity contribution in [3.63, 3.8) is 0 Å². The summed E-state index contributed by atoms with van der Waals surface area (Å²) < 4.78 is 0.989. The van der Waals surface area contributed by atoms with Crippen LogP contribution in [0.25, 0.3) is 0 Å². The predicted octanol–water partition coefficient (Wildman–Crippen LogP) is 4.34. The average Bonchev–Trinajstić information content (AvgIpc) is 2.38. The van der Waals surface area contributed by atoms with E-state index in [0.717, 1.165) is 15.6 Å². The smallest absolute Gasteiger partial charge is 0.144 e. The van der Waals surface area contributed by atoms with Crippen LogP contribution in [-0.2, 0) is 10.2 Å². The minimum Gasteiger partial charge on any atom is -0.299 e. The SMILES string of the molecule is CC(=O)C(C)(c1ccccc1)c1cccc(Br)c1. The maximum atomic E-state index is 12.2. The Bertz CT molecular complexity index is 562. The molecule has 0 radical (unpaired) electrons. The Kier molecular flexibility index (Phi) is 3.67. The van der Waals surface area contributed by atoms with E-state index < -0.39 is 5.41 Å². The molecule has 0 aliphatic carbocycles. The fourth-order valence-corrected chi connectivity index (χ4v) is 2.54. The summed E-state index contributed by atoms with van der Waals surface area (Å²) in [5.41, 5.74) is 1.44. The largest absolute Gasteiger partial charge is 0.299 e. The Morgan fingerprint density at radius 1 is 1.00 bits per heavy atom. The molecule has 2 heteroatoms. The van der Waals surface area contributed by atoms with Gasteiger partial charge in [0.05, 0.1) is 5.41 Å².